The number of rotatable bonds is 22. The highest BCUT2D eigenvalue weighted by Gasteiger charge is 2.12. The van der Waals surface area contributed by atoms with Crippen molar-refractivity contribution >= 4 is 74.4 Å². The molecular weight excluding hydrogens is 1810 g/mol. The van der Waals surface area contributed by atoms with Crippen molar-refractivity contribution in [1.82, 2.24) is 66.9 Å². The Labute approximate surface area is 765 Å². The Morgan fingerprint density at radius 3 is 0.894 bits per heavy atom. The van der Waals surface area contributed by atoms with Crippen LogP contribution in [-0.4, -0.2) is 89.7 Å². The summed E-state index contributed by atoms with van der Waals surface area (Å²) in [5.74, 6) is -1.65. The molecule has 14 rings (SSSR count). The molecule has 0 saturated heterocycles. The molecular formula is C93H87BrCl2N18O18. The van der Waals surface area contributed by atoms with Gasteiger partial charge in [0.2, 0.25) is 11.8 Å². The Morgan fingerprint density at radius 1 is 0.348 bits per heavy atom. The summed E-state index contributed by atoms with van der Waals surface area (Å²) in [6.07, 6.45) is 14.6. The zero-order chi connectivity index (χ0) is 96.4. The van der Waals surface area contributed by atoms with Crippen LogP contribution in [0.5, 0.6) is 0 Å². The van der Waals surface area contributed by atoms with Gasteiger partial charge in [-0.3, -0.25) is 106 Å². The largest absolute Gasteiger partial charge is 0.481 e. The first-order valence-corrected chi connectivity index (χ1v) is 41.3. The van der Waals surface area contributed by atoms with Crippen LogP contribution >= 0.6 is 39.1 Å². The molecule has 0 aliphatic heterocycles. The second-order valence-electron chi connectivity index (χ2n) is 29.4. The minimum Gasteiger partial charge on any atom is -0.481 e. The van der Waals surface area contributed by atoms with Gasteiger partial charge in [0.15, 0.2) is 0 Å². The number of benzene rings is 7. The lowest BCUT2D eigenvalue weighted by atomic mass is 10.1. The minimum absolute atomic E-state index is 0.0828. The Bertz CT molecular complexity index is 7400. The number of aromatic nitrogens is 14. The number of hydrogen-bond acceptors (Lipinski definition) is 17. The maximum atomic E-state index is 11.7. The van der Waals surface area contributed by atoms with Gasteiger partial charge in [-0.2, -0.15) is 0 Å². The molecule has 0 atom stereocenters. The number of aromatic amines is 7. The molecule has 7 aromatic heterocycles. The normalized spacial score (nSPS) is 10.4. The van der Waals surface area contributed by atoms with E-state index >= 15 is 0 Å². The van der Waals surface area contributed by atoms with Gasteiger partial charge in [0.1, 0.15) is 0 Å². The fourth-order valence-electron chi connectivity index (χ4n) is 11.9. The zero-order valence-corrected chi connectivity index (χ0v) is 74.5. The molecule has 12 N–H and O–H groups in total. The van der Waals surface area contributed by atoms with E-state index in [1.807, 2.05) is 140 Å². The van der Waals surface area contributed by atoms with E-state index < -0.39 is 57.1 Å². The maximum Gasteiger partial charge on any atom is 0.328 e. The van der Waals surface area contributed by atoms with Gasteiger partial charge in [-0.05, 0) is 146 Å². The van der Waals surface area contributed by atoms with Crippen LogP contribution in [0.15, 0.2) is 297 Å². The predicted molar refractivity (Wildman–Crippen MR) is 504 cm³/mol. The van der Waals surface area contributed by atoms with Crippen molar-refractivity contribution in [3.8, 4) is 0 Å². The number of nitrogens with two attached hydrogens (primary N) is 2. The SMILES string of the molecule is Cc1cn(Cc2ccc(/C=C/C(N)=O)cc2)c(=O)[nH]c1=O.Cc1cn(Cc2ccc(Br)cc2)c(=O)[nH]c1=O.Cc1cn(Cc2ccc(CCC(=O)O)cc2)c(=O)[nH]c1=O.Cc1cn(Cc2ccc(CCC(N)=O)cc2)c(=O)[nH]c1=O.Cc1cn(Cc2cccc(Cl)c2)c(=O)[nH]c1=O.[C-]#[N+]c1cn(Cc2cccc(Cl)c2)c(=O)[nH]c1=O.[C-]#[N+]c1cn(Cc2ccccc2)c(=O)[nH]c1=O. The molecule has 0 radical (unpaired) electrons. The van der Waals surface area contributed by atoms with Crippen molar-refractivity contribution in [2.24, 2.45) is 11.5 Å². The molecule has 0 fully saturated rings. The maximum absolute atomic E-state index is 11.7. The van der Waals surface area contributed by atoms with E-state index in [2.05, 4.69) is 60.5 Å². The summed E-state index contributed by atoms with van der Waals surface area (Å²) in [5, 5.41) is 9.82. The fourth-order valence-corrected chi connectivity index (χ4v) is 12.6. The summed E-state index contributed by atoms with van der Waals surface area (Å²) in [6.45, 7) is 24.4. The van der Waals surface area contributed by atoms with Crippen LogP contribution in [0.2, 0.25) is 10.0 Å². The summed E-state index contributed by atoms with van der Waals surface area (Å²) >= 11 is 15.1. The van der Waals surface area contributed by atoms with Crippen molar-refractivity contribution in [2.75, 3.05) is 0 Å². The van der Waals surface area contributed by atoms with Crippen LogP contribution in [-0.2, 0) is 73.0 Å². The summed E-state index contributed by atoms with van der Waals surface area (Å²) in [7, 11) is 0. The first kappa shape index (κ1) is 101. The molecule has 39 heteroatoms. The van der Waals surface area contributed by atoms with Gasteiger partial charge in [0.25, 0.3) is 50.3 Å². The number of halogens is 3. The summed E-state index contributed by atoms with van der Waals surface area (Å²) in [6, 6.07) is 53.6. The topological polar surface area (TPSA) is 516 Å². The third-order valence-electron chi connectivity index (χ3n) is 18.9. The number of nitrogens with one attached hydrogen (secondary N) is 7. The van der Waals surface area contributed by atoms with Crippen molar-refractivity contribution in [3.63, 3.8) is 0 Å². The van der Waals surface area contributed by atoms with E-state index in [1.54, 1.807) is 95.7 Å². The molecule has 36 nitrogen and oxygen atoms in total. The number of carboxylic acid groups (broad SMARTS) is 1. The molecule has 2 amide bonds. The van der Waals surface area contributed by atoms with Gasteiger partial charge in [0.05, 0.1) is 59.0 Å². The smallest absolute Gasteiger partial charge is 0.328 e. The number of aryl methyl sites for hydroxylation is 7. The van der Waals surface area contributed by atoms with E-state index in [9.17, 15) is 81.5 Å². The average molecular weight is 1900 g/mol. The van der Waals surface area contributed by atoms with Crippen molar-refractivity contribution in [2.45, 2.75) is 106 Å². The number of nitrogens with zero attached hydrogens (tertiary/aromatic N) is 9. The zero-order valence-electron chi connectivity index (χ0n) is 71.4. The van der Waals surface area contributed by atoms with Gasteiger partial charge in [-0.1, -0.05) is 179 Å². The van der Waals surface area contributed by atoms with Gasteiger partial charge >= 0.3 is 45.8 Å². The van der Waals surface area contributed by atoms with E-state index in [1.165, 1.54) is 62.8 Å². The lowest BCUT2D eigenvalue weighted by Crippen LogP contribution is -2.31. The number of carbonyl (C=O) groups excluding carboxylic acids is 2. The quantitative estimate of drug-likeness (QED) is 0.0229. The molecule has 0 aliphatic rings. The predicted octanol–water partition coefficient (Wildman–Crippen LogP) is 7.74. The Balaban J connectivity index is 0.000000190. The third kappa shape index (κ3) is 32.4. The van der Waals surface area contributed by atoms with Crippen LogP contribution in [0.1, 0.15) is 96.3 Å². The number of carbonyl (C=O) groups is 3. The minimum atomic E-state index is -0.825. The highest BCUT2D eigenvalue weighted by atomic mass is 79.9. The van der Waals surface area contributed by atoms with Crippen molar-refractivity contribution in [1.29, 1.82) is 0 Å². The van der Waals surface area contributed by atoms with E-state index in [-0.39, 0.29) is 63.7 Å². The number of carboxylic acids is 1. The van der Waals surface area contributed by atoms with Crippen molar-refractivity contribution in [3.05, 3.63) is 492 Å². The molecule has 132 heavy (non-hydrogen) atoms. The molecule has 0 saturated carbocycles. The lowest BCUT2D eigenvalue weighted by Gasteiger charge is -2.07. The average Bonchev–Trinajstić information content (AvgIpc) is 0.975. The summed E-state index contributed by atoms with van der Waals surface area (Å²) in [5.41, 5.74) is 15.3. The first-order valence-electron chi connectivity index (χ1n) is 39.7. The second-order valence-corrected chi connectivity index (χ2v) is 31.2. The third-order valence-corrected chi connectivity index (χ3v) is 19.9. The summed E-state index contributed by atoms with van der Waals surface area (Å²) in [4.78, 5) is 214. The highest BCUT2D eigenvalue weighted by Crippen LogP contribution is 2.17. The molecule has 0 unspecified atom stereocenters. The molecule has 0 aliphatic carbocycles. The Morgan fingerprint density at radius 2 is 0.606 bits per heavy atom. The van der Waals surface area contributed by atoms with E-state index in [4.69, 9.17) is 52.9 Å². The Hall–Kier alpha value is -16.5. The lowest BCUT2D eigenvalue weighted by molar-refractivity contribution is -0.137. The van der Waals surface area contributed by atoms with Crippen LogP contribution in [0, 0.1) is 47.8 Å². The van der Waals surface area contributed by atoms with Crippen LogP contribution in [0.3, 0.4) is 0 Å². The number of hydrogen-bond donors (Lipinski definition) is 10. The van der Waals surface area contributed by atoms with Gasteiger partial charge in [0, 0.05) is 105 Å². The molecule has 0 bridgehead atoms. The number of H-pyrrole nitrogens is 7. The number of amides is 2. The van der Waals surface area contributed by atoms with Gasteiger partial charge in [-0.25, -0.2) is 43.3 Å². The summed E-state index contributed by atoms with van der Waals surface area (Å²) < 4.78 is 10.8. The van der Waals surface area contributed by atoms with E-state index in [0.29, 0.717) is 96.4 Å². The molecule has 7 aromatic carbocycles. The monoisotopic (exact) mass is 1890 g/mol. The highest BCUT2D eigenvalue weighted by molar-refractivity contribution is 9.10. The van der Waals surface area contributed by atoms with Gasteiger partial charge < -0.3 is 25.7 Å². The van der Waals surface area contributed by atoms with Gasteiger partial charge in [-0.15, -0.1) is 0 Å². The number of primary amides is 2. The number of aliphatic carboxylic acids is 1. The van der Waals surface area contributed by atoms with Crippen molar-refractivity contribution < 1.29 is 19.5 Å². The molecule has 7 heterocycles. The van der Waals surface area contributed by atoms with Crippen LogP contribution in [0.25, 0.3) is 15.8 Å². The second kappa shape index (κ2) is 49.0. The molecule has 0 spiro atoms. The standard InChI is InChI=1S/C15H17N3O3.C15H15N3O3.C15H16N2O4.C12H11BrN2O2.C12H8ClN3O2.C12H11ClN2O2.C12H9N3O2/c2*1-10-8-18(15(21)17-14(10)20)9-12-4-2-11(3-5-12)6-7-13(16)19;1-10-8-17(15(21)16-14(10)20)9-12-4-2-11(3-5-12)6-7-13(18)19;1-8-6-15(12(17)14-11(8)16)7-9-2-4-10(13)5-3-9;1-14-10-7-16(12(18)15-11(10)17)6-8-3-2-4-9(13)5-8;1-8-6-15(12(17)14-11(8)16)7-9-3-2-4-10(13)5-9;1-13-10-8-15(12(17)14-11(10)16)7-9-5-3-2-4-6-9/h2-5,8H,6-7,9H2,1H3,(H2,16,19)(H,17,20,21);2-8H,9H2,1H3,(H2,16,19)(H,17,20,21);2-5,8H,6-7,9H2,1H3,(H,18,19)(H,16,20,21);2-6H,7H2,1H3,(H,14,16,17);2-5,7H,6H2,(H,15,17,18);2-6H,7H2,1H3,(H,14,16,17);2-6,8H,7H2,(H,14,16,17)/b;7-6+;;;;;. The van der Waals surface area contributed by atoms with E-state index in [0.717, 1.165) is 60.1 Å². The first-order chi connectivity index (χ1) is 62.8. The molecule has 14 aromatic rings. The van der Waals surface area contributed by atoms with Crippen LogP contribution < -0.4 is 90.2 Å². The molecule has 678 valence electrons. The fraction of sp³-hybridized carbons (Fsp3) is 0.172. The Kier molecular flexibility index (Phi) is 37.4. The van der Waals surface area contributed by atoms with Crippen LogP contribution in [0.4, 0.5) is 11.4 Å².